The van der Waals surface area contributed by atoms with Gasteiger partial charge in [0.25, 0.3) is 0 Å². The molecule has 0 aliphatic heterocycles. The van der Waals surface area contributed by atoms with Crippen LogP contribution < -0.4 is 0 Å². The zero-order chi connectivity index (χ0) is 8.72. The zero-order valence-corrected chi connectivity index (χ0v) is 6.93. The van der Waals surface area contributed by atoms with Gasteiger partial charge in [0.15, 0.2) is 0 Å². The van der Waals surface area contributed by atoms with Crippen LogP contribution in [-0.2, 0) is 9.53 Å². The number of ether oxygens (including phenoxy) is 1. The number of fused-ring (bicyclic) bond motifs is 1. The first-order valence-corrected chi connectivity index (χ1v) is 4.22. The van der Waals surface area contributed by atoms with Crippen LogP contribution in [0, 0.1) is 11.8 Å². The molecule has 3 heteroatoms. The lowest BCUT2D eigenvalue weighted by Gasteiger charge is -2.22. The molecule has 0 saturated heterocycles. The summed E-state index contributed by atoms with van der Waals surface area (Å²) in [6.07, 6.45) is 3.97. The molecular formula is C9H12O3. The first kappa shape index (κ1) is 7.80. The van der Waals surface area contributed by atoms with Crippen LogP contribution in [0.1, 0.15) is 13.3 Å². The molecule has 4 atom stereocenters. The monoisotopic (exact) mass is 168 g/mol. The quantitative estimate of drug-likeness (QED) is 0.457. The fourth-order valence-corrected chi connectivity index (χ4v) is 1.76. The number of carbonyl (C=O) groups is 1. The lowest BCUT2D eigenvalue weighted by molar-refractivity contribution is -0.149. The first-order chi connectivity index (χ1) is 5.68. The van der Waals surface area contributed by atoms with Crippen LogP contribution in [0.5, 0.6) is 0 Å². The van der Waals surface area contributed by atoms with Gasteiger partial charge in [0, 0.05) is 6.92 Å². The molecule has 0 heterocycles. The Morgan fingerprint density at radius 3 is 3.00 bits per heavy atom. The summed E-state index contributed by atoms with van der Waals surface area (Å²) in [5.41, 5.74) is 0. The third-order valence-electron chi connectivity index (χ3n) is 2.52. The zero-order valence-electron chi connectivity index (χ0n) is 6.93. The second-order valence-electron chi connectivity index (χ2n) is 3.51. The molecule has 0 amide bonds. The van der Waals surface area contributed by atoms with E-state index in [0.717, 1.165) is 6.42 Å². The van der Waals surface area contributed by atoms with E-state index in [2.05, 4.69) is 0 Å². The maximum Gasteiger partial charge on any atom is 0.303 e. The number of hydrogen-bond donors (Lipinski definition) is 1. The minimum atomic E-state index is -0.483. The van der Waals surface area contributed by atoms with E-state index >= 15 is 0 Å². The van der Waals surface area contributed by atoms with Crippen molar-refractivity contribution in [3.05, 3.63) is 12.2 Å². The van der Waals surface area contributed by atoms with Crippen LogP contribution in [0.3, 0.4) is 0 Å². The van der Waals surface area contributed by atoms with Gasteiger partial charge in [0.05, 0.1) is 6.10 Å². The minimum absolute atomic E-state index is 0.331. The summed E-state index contributed by atoms with van der Waals surface area (Å²) in [6, 6.07) is 0. The summed E-state index contributed by atoms with van der Waals surface area (Å²) in [5, 5.41) is 9.60. The van der Waals surface area contributed by atoms with Crippen molar-refractivity contribution in [1.82, 2.24) is 0 Å². The minimum Gasteiger partial charge on any atom is -0.456 e. The Balaban J connectivity index is 2.01. The summed E-state index contributed by atoms with van der Waals surface area (Å²) in [4.78, 5) is 10.6. The molecule has 0 bridgehead atoms. The van der Waals surface area contributed by atoms with E-state index in [4.69, 9.17) is 4.74 Å². The highest BCUT2D eigenvalue weighted by Crippen LogP contribution is 2.46. The molecule has 1 saturated carbocycles. The normalized spacial score (nSPS) is 43.5. The molecule has 1 fully saturated rings. The summed E-state index contributed by atoms with van der Waals surface area (Å²) >= 11 is 0. The fourth-order valence-electron chi connectivity index (χ4n) is 1.76. The van der Waals surface area contributed by atoms with E-state index in [1.165, 1.54) is 6.92 Å². The SMILES string of the molecule is CC(=O)O[C@@H]1C=C[C@@H]2C[C@@H]2[C@@H]1O. The van der Waals surface area contributed by atoms with E-state index < -0.39 is 12.2 Å². The lowest BCUT2D eigenvalue weighted by atomic mass is 10.0. The Bertz CT molecular complexity index is 234. The molecule has 12 heavy (non-hydrogen) atoms. The maximum absolute atomic E-state index is 10.6. The van der Waals surface area contributed by atoms with E-state index in [1.807, 2.05) is 6.08 Å². The van der Waals surface area contributed by atoms with Gasteiger partial charge in [-0.2, -0.15) is 0 Å². The molecule has 0 spiro atoms. The van der Waals surface area contributed by atoms with Gasteiger partial charge in [-0.15, -0.1) is 0 Å². The van der Waals surface area contributed by atoms with Crippen molar-refractivity contribution in [3.8, 4) is 0 Å². The van der Waals surface area contributed by atoms with Crippen molar-refractivity contribution >= 4 is 5.97 Å². The van der Waals surface area contributed by atoms with Gasteiger partial charge in [-0.1, -0.05) is 6.08 Å². The van der Waals surface area contributed by atoms with E-state index in [9.17, 15) is 9.90 Å². The van der Waals surface area contributed by atoms with E-state index in [0.29, 0.717) is 11.8 Å². The van der Waals surface area contributed by atoms with Crippen LogP contribution in [0.25, 0.3) is 0 Å². The number of allylic oxidation sites excluding steroid dienone is 1. The number of hydrogen-bond acceptors (Lipinski definition) is 3. The van der Waals surface area contributed by atoms with Gasteiger partial charge in [-0.05, 0) is 24.3 Å². The molecule has 0 aromatic rings. The number of aliphatic hydroxyl groups is 1. The van der Waals surface area contributed by atoms with Gasteiger partial charge in [0.2, 0.25) is 0 Å². The maximum atomic E-state index is 10.6. The van der Waals surface area contributed by atoms with Crippen LogP contribution in [0.15, 0.2) is 12.2 Å². The van der Waals surface area contributed by atoms with Gasteiger partial charge in [-0.25, -0.2) is 0 Å². The average Bonchev–Trinajstić information content (AvgIpc) is 2.73. The number of aliphatic hydroxyl groups excluding tert-OH is 1. The standard InChI is InChI=1S/C9H12O3/c1-5(10)12-8-3-2-6-4-7(6)9(8)11/h2-3,6-9,11H,4H2,1H3/t6-,7+,8-,9+/m1/s1. The van der Waals surface area contributed by atoms with Crippen molar-refractivity contribution in [2.45, 2.75) is 25.6 Å². The van der Waals surface area contributed by atoms with Gasteiger partial charge in [-0.3, -0.25) is 4.79 Å². The molecule has 0 aromatic heterocycles. The van der Waals surface area contributed by atoms with Gasteiger partial charge >= 0.3 is 5.97 Å². The molecule has 1 N–H and O–H groups in total. The Morgan fingerprint density at radius 2 is 2.33 bits per heavy atom. The topological polar surface area (TPSA) is 46.5 Å². The van der Waals surface area contributed by atoms with Crippen LogP contribution in [0.4, 0.5) is 0 Å². The van der Waals surface area contributed by atoms with Gasteiger partial charge in [0.1, 0.15) is 6.10 Å². The van der Waals surface area contributed by atoms with Crippen molar-refractivity contribution in [1.29, 1.82) is 0 Å². The molecule has 0 radical (unpaired) electrons. The Hall–Kier alpha value is -0.830. The summed E-state index contributed by atoms with van der Waals surface area (Å²) in [7, 11) is 0. The van der Waals surface area contributed by atoms with Crippen LogP contribution >= 0.6 is 0 Å². The van der Waals surface area contributed by atoms with E-state index in [-0.39, 0.29) is 5.97 Å². The molecule has 0 aromatic carbocycles. The highest BCUT2D eigenvalue weighted by Gasteiger charge is 2.47. The fraction of sp³-hybridized carbons (Fsp3) is 0.667. The van der Waals surface area contributed by atoms with Crippen molar-refractivity contribution in [2.75, 3.05) is 0 Å². The Labute approximate surface area is 71.0 Å². The molecular weight excluding hydrogens is 156 g/mol. The summed E-state index contributed by atoms with van der Waals surface area (Å²) in [5.74, 6) is 0.536. The van der Waals surface area contributed by atoms with Crippen molar-refractivity contribution in [2.24, 2.45) is 11.8 Å². The van der Waals surface area contributed by atoms with Crippen LogP contribution in [0.2, 0.25) is 0 Å². The van der Waals surface area contributed by atoms with Crippen LogP contribution in [-0.4, -0.2) is 23.3 Å². The second kappa shape index (κ2) is 2.59. The third kappa shape index (κ3) is 1.25. The van der Waals surface area contributed by atoms with E-state index in [1.54, 1.807) is 6.08 Å². The predicted octanol–water partition coefficient (Wildman–Crippen LogP) is 0.485. The highest BCUT2D eigenvalue weighted by molar-refractivity contribution is 5.66. The lowest BCUT2D eigenvalue weighted by Crippen LogP contribution is -2.32. The number of rotatable bonds is 1. The highest BCUT2D eigenvalue weighted by atomic mass is 16.6. The van der Waals surface area contributed by atoms with Crippen molar-refractivity contribution in [3.63, 3.8) is 0 Å². The molecule has 2 rings (SSSR count). The Morgan fingerprint density at radius 1 is 1.58 bits per heavy atom. The van der Waals surface area contributed by atoms with Crippen molar-refractivity contribution < 1.29 is 14.6 Å². The number of esters is 1. The Kier molecular flexibility index (Phi) is 1.68. The molecule has 66 valence electrons. The summed E-state index contributed by atoms with van der Waals surface area (Å²) in [6.45, 7) is 1.36. The predicted molar refractivity (Wildman–Crippen MR) is 42.3 cm³/mol. The molecule has 2 aliphatic rings. The number of carbonyl (C=O) groups excluding carboxylic acids is 1. The smallest absolute Gasteiger partial charge is 0.303 e. The average molecular weight is 168 g/mol. The summed E-state index contributed by atoms with van der Waals surface area (Å²) < 4.78 is 4.92. The molecule has 0 unspecified atom stereocenters. The molecule has 2 aliphatic carbocycles. The first-order valence-electron chi connectivity index (χ1n) is 4.22. The third-order valence-corrected chi connectivity index (χ3v) is 2.52. The van der Waals surface area contributed by atoms with Gasteiger partial charge < -0.3 is 9.84 Å². The second-order valence-corrected chi connectivity index (χ2v) is 3.51. The largest absolute Gasteiger partial charge is 0.456 e. The molecule has 3 nitrogen and oxygen atoms in total.